The molecule has 6 aromatic carbocycles. The van der Waals surface area contributed by atoms with E-state index >= 15 is 0 Å². The van der Waals surface area contributed by atoms with Gasteiger partial charge in [-0.05, 0) is 132 Å². The SMILES string of the molecule is c1ccc(-c2cc(-c3cccc(-c4cccnc4)c3)c(-c3cccc(-c4cccnc4)c3)c(-c3cccc(-c4cccnc4)c3)c2-c2cccc(-c3cccnc3)c2)cc1. The lowest BCUT2D eigenvalue weighted by atomic mass is 9.78. The Morgan fingerprint density at radius 3 is 0.883 bits per heavy atom. The van der Waals surface area contributed by atoms with Gasteiger partial charge < -0.3 is 0 Å². The van der Waals surface area contributed by atoms with Crippen molar-refractivity contribution in [3.05, 3.63) is 232 Å². The number of nitrogens with zero attached hydrogens (tertiary/aromatic N) is 4. The van der Waals surface area contributed by atoms with Crippen LogP contribution in [0, 0.1) is 0 Å². The molecule has 0 saturated heterocycles. The lowest BCUT2D eigenvalue weighted by Crippen LogP contribution is -1.99. The molecule has 0 unspecified atom stereocenters. The Bertz CT molecular complexity index is 3060. The van der Waals surface area contributed by atoms with Crippen molar-refractivity contribution in [2.75, 3.05) is 0 Å². The van der Waals surface area contributed by atoms with Crippen molar-refractivity contribution >= 4 is 0 Å². The van der Waals surface area contributed by atoms with Gasteiger partial charge in [0, 0.05) is 71.8 Å². The number of hydrogen-bond donors (Lipinski definition) is 0. The fourth-order valence-electron chi connectivity index (χ4n) is 8.21. The third kappa shape index (κ3) is 7.30. The van der Waals surface area contributed by atoms with Crippen LogP contribution in [-0.2, 0) is 0 Å². The number of rotatable bonds is 9. The van der Waals surface area contributed by atoms with Crippen LogP contribution in [-0.4, -0.2) is 19.9 Å². The fraction of sp³-hybridized carbons (Fsp3) is 0. The predicted octanol–water partition coefficient (Wildman–Crippen LogP) is 14.3. The zero-order valence-electron chi connectivity index (χ0n) is 32.7. The van der Waals surface area contributed by atoms with E-state index < -0.39 is 0 Å². The summed E-state index contributed by atoms with van der Waals surface area (Å²) in [6, 6.07) is 65.2. The summed E-state index contributed by atoms with van der Waals surface area (Å²) in [4.78, 5) is 17.9. The van der Waals surface area contributed by atoms with Gasteiger partial charge in [-0.1, -0.05) is 127 Å². The van der Waals surface area contributed by atoms with E-state index in [1.54, 1.807) is 0 Å². The molecule has 0 atom stereocenters. The number of pyridine rings is 4. The maximum Gasteiger partial charge on any atom is 0.0346 e. The van der Waals surface area contributed by atoms with E-state index in [0.29, 0.717) is 0 Å². The van der Waals surface area contributed by atoms with Gasteiger partial charge in [0.05, 0.1) is 0 Å². The van der Waals surface area contributed by atoms with Crippen molar-refractivity contribution in [2.45, 2.75) is 0 Å². The molecule has 0 bridgehead atoms. The van der Waals surface area contributed by atoms with Crippen molar-refractivity contribution in [3.8, 4) is 100 Å². The van der Waals surface area contributed by atoms with E-state index in [-0.39, 0.29) is 0 Å². The van der Waals surface area contributed by atoms with Gasteiger partial charge in [0.2, 0.25) is 0 Å². The summed E-state index contributed by atoms with van der Waals surface area (Å²) in [5.41, 5.74) is 19.9. The van der Waals surface area contributed by atoms with Gasteiger partial charge in [-0.2, -0.15) is 0 Å². The molecule has 0 saturated carbocycles. The summed E-state index contributed by atoms with van der Waals surface area (Å²) in [5.74, 6) is 0. The van der Waals surface area contributed by atoms with E-state index in [9.17, 15) is 0 Å². The first-order valence-electron chi connectivity index (χ1n) is 20.1. The second kappa shape index (κ2) is 16.4. The molecule has 4 heterocycles. The molecule has 0 N–H and O–H groups in total. The highest BCUT2D eigenvalue weighted by Crippen LogP contribution is 2.51. The Kier molecular flexibility index (Phi) is 9.92. The van der Waals surface area contributed by atoms with Crippen LogP contribution in [0.3, 0.4) is 0 Å². The number of aromatic nitrogens is 4. The molecule has 10 rings (SSSR count). The van der Waals surface area contributed by atoms with Crippen molar-refractivity contribution in [1.82, 2.24) is 19.9 Å². The molecule has 60 heavy (non-hydrogen) atoms. The molecule has 0 aliphatic rings. The summed E-state index contributed by atoms with van der Waals surface area (Å²) >= 11 is 0. The minimum atomic E-state index is 1.06. The predicted molar refractivity (Wildman–Crippen MR) is 247 cm³/mol. The highest BCUT2D eigenvalue weighted by atomic mass is 14.6. The second-order valence-corrected chi connectivity index (χ2v) is 14.8. The molecule has 282 valence electrons. The molecule has 10 aromatic rings. The first-order valence-corrected chi connectivity index (χ1v) is 20.1. The monoisotopic (exact) mass is 766 g/mol. The lowest BCUT2D eigenvalue weighted by molar-refractivity contribution is 1.33. The van der Waals surface area contributed by atoms with Crippen LogP contribution in [0.5, 0.6) is 0 Å². The molecule has 4 nitrogen and oxygen atoms in total. The third-order valence-electron chi connectivity index (χ3n) is 11.0. The van der Waals surface area contributed by atoms with Crippen molar-refractivity contribution in [1.29, 1.82) is 0 Å². The average molecular weight is 767 g/mol. The second-order valence-electron chi connectivity index (χ2n) is 14.8. The van der Waals surface area contributed by atoms with Gasteiger partial charge in [0.15, 0.2) is 0 Å². The molecule has 4 heteroatoms. The quantitative estimate of drug-likeness (QED) is 0.147. The van der Waals surface area contributed by atoms with Gasteiger partial charge in [0.25, 0.3) is 0 Å². The zero-order chi connectivity index (χ0) is 40.1. The maximum atomic E-state index is 4.50. The molecule has 0 aliphatic heterocycles. The first kappa shape index (κ1) is 36.3. The molecular formula is C56H38N4. The Hall–Kier alpha value is -8.08. The minimum Gasteiger partial charge on any atom is -0.264 e. The average Bonchev–Trinajstić information content (AvgIpc) is 3.35. The fourth-order valence-corrected chi connectivity index (χ4v) is 8.21. The molecule has 0 fully saturated rings. The third-order valence-corrected chi connectivity index (χ3v) is 11.0. The van der Waals surface area contributed by atoms with E-state index in [0.717, 1.165) is 100 Å². The van der Waals surface area contributed by atoms with Gasteiger partial charge in [-0.15, -0.1) is 0 Å². The highest BCUT2D eigenvalue weighted by Gasteiger charge is 2.25. The lowest BCUT2D eigenvalue weighted by Gasteiger charge is -2.25. The van der Waals surface area contributed by atoms with Crippen LogP contribution in [0.1, 0.15) is 0 Å². The smallest absolute Gasteiger partial charge is 0.0346 e. The Morgan fingerprint density at radius 2 is 0.500 bits per heavy atom. The van der Waals surface area contributed by atoms with Crippen LogP contribution in [0.15, 0.2) is 232 Å². The van der Waals surface area contributed by atoms with Crippen molar-refractivity contribution < 1.29 is 0 Å². The summed E-state index contributed by atoms with van der Waals surface area (Å²) in [5, 5.41) is 0. The topological polar surface area (TPSA) is 51.6 Å². The van der Waals surface area contributed by atoms with Crippen molar-refractivity contribution in [2.24, 2.45) is 0 Å². The summed E-state index contributed by atoms with van der Waals surface area (Å²) in [6.45, 7) is 0. The van der Waals surface area contributed by atoms with Crippen LogP contribution in [0.25, 0.3) is 100 Å². The standard InChI is InChI=1S/C56H38N4/c1-2-12-39(13-3-1)52-34-53(44-18-4-14-40(30-44)48-22-8-26-57-35-48)55(46-20-6-16-42(32-46)50-24-10-28-59-37-50)56(47-21-7-17-43(33-47)51-25-11-29-60-38-51)54(52)45-19-5-15-41(31-45)49-23-9-27-58-36-49/h1-38H. The van der Waals surface area contributed by atoms with Gasteiger partial charge in [-0.25, -0.2) is 0 Å². The Morgan fingerprint density at radius 1 is 0.200 bits per heavy atom. The Labute approximate surface area is 350 Å². The zero-order valence-corrected chi connectivity index (χ0v) is 32.7. The van der Waals surface area contributed by atoms with Crippen LogP contribution >= 0.6 is 0 Å². The number of benzene rings is 6. The summed E-state index contributed by atoms with van der Waals surface area (Å²) in [7, 11) is 0. The van der Waals surface area contributed by atoms with Crippen molar-refractivity contribution in [3.63, 3.8) is 0 Å². The van der Waals surface area contributed by atoms with E-state index in [2.05, 4.69) is 178 Å². The maximum absolute atomic E-state index is 4.50. The largest absolute Gasteiger partial charge is 0.264 e. The van der Waals surface area contributed by atoms with Crippen LogP contribution in [0.2, 0.25) is 0 Å². The van der Waals surface area contributed by atoms with Gasteiger partial charge in [0.1, 0.15) is 0 Å². The minimum absolute atomic E-state index is 1.06. The molecule has 0 aliphatic carbocycles. The molecule has 0 spiro atoms. The first-order chi connectivity index (χ1) is 29.8. The molecule has 4 aromatic heterocycles. The highest BCUT2D eigenvalue weighted by molar-refractivity contribution is 6.08. The van der Waals surface area contributed by atoms with Crippen LogP contribution < -0.4 is 0 Å². The van der Waals surface area contributed by atoms with Gasteiger partial charge in [-0.3, -0.25) is 19.9 Å². The van der Waals surface area contributed by atoms with E-state index in [4.69, 9.17) is 0 Å². The normalized spacial score (nSPS) is 11.0. The number of hydrogen-bond acceptors (Lipinski definition) is 4. The molecule has 0 amide bonds. The summed E-state index contributed by atoms with van der Waals surface area (Å²) < 4.78 is 0. The molecular weight excluding hydrogens is 729 g/mol. The van der Waals surface area contributed by atoms with E-state index in [1.807, 2.05) is 73.8 Å². The molecule has 0 radical (unpaired) electrons. The van der Waals surface area contributed by atoms with Crippen LogP contribution in [0.4, 0.5) is 0 Å². The Balaban J connectivity index is 1.36. The summed E-state index contributed by atoms with van der Waals surface area (Å²) in [6.07, 6.45) is 15.0. The van der Waals surface area contributed by atoms with E-state index in [1.165, 1.54) is 0 Å². The van der Waals surface area contributed by atoms with Gasteiger partial charge >= 0.3 is 0 Å².